The van der Waals surface area contributed by atoms with Crippen molar-refractivity contribution in [2.45, 2.75) is 32.7 Å². The molecule has 24 heavy (non-hydrogen) atoms. The maximum Gasteiger partial charge on any atom is 0.156 e. The summed E-state index contributed by atoms with van der Waals surface area (Å²) in [6.07, 6.45) is 7.35. The Labute approximate surface area is 140 Å². The minimum Gasteiger partial charge on any atom is -0.348 e. The molecule has 3 aromatic heterocycles. The van der Waals surface area contributed by atoms with Crippen LogP contribution in [-0.2, 0) is 0 Å². The van der Waals surface area contributed by atoms with E-state index in [0.29, 0.717) is 0 Å². The van der Waals surface area contributed by atoms with Crippen molar-refractivity contribution >= 4 is 5.82 Å². The van der Waals surface area contributed by atoms with E-state index in [2.05, 4.69) is 34.8 Å². The van der Waals surface area contributed by atoms with E-state index in [0.717, 1.165) is 53.9 Å². The first-order valence-electron chi connectivity index (χ1n) is 8.11. The molecule has 1 aliphatic heterocycles. The number of rotatable bonds is 3. The van der Waals surface area contributed by atoms with Gasteiger partial charge < -0.3 is 9.88 Å². The normalized spacial score (nSPS) is 17.4. The average Bonchev–Trinajstić information content (AvgIpc) is 3.24. The molecule has 1 saturated heterocycles. The molecule has 4 heterocycles. The number of anilines is 1. The highest BCUT2D eigenvalue weighted by Gasteiger charge is 2.29. The third kappa shape index (κ3) is 2.73. The zero-order valence-corrected chi connectivity index (χ0v) is 13.8. The third-order valence-electron chi connectivity index (χ3n) is 4.26. The second-order valence-electron chi connectivity index (χ2n) is 6.06. The van der Waals surface area contributed by atoms with Gasteiger partial charge in [-0.2, -0.15) is 0 Å². The molecule has 1 fully saturated rings. The van der Waals surface area contributed by atoms with Crippen molar-refractivity contribution in [2.24, 2.45) is 0 Å². The molecule has 1 aliphatic rings. The van der Waals surface area contributed by atoms with Crippen LogP contribution in [0, 0.1) is 13.8 Å². The van der Waals surface area contributed by atoms with Crippen LogP contribution in [0.25, 0.3) is 11.5 Å². The van der Waals surface area contributed by atoms with E-state index in [-0.39, 0.29) is 6.04 Å². The van der Waals surface area contributed by atoms with Gasteiger partial charge in [-0.15, -0.1) is 0 Å². The maximum atomic E-state index is 4.69. The first-order chi connectivity index (χ1) is 11.7. The minimum atomic E-state index is 0.205. The molecule has 7 nitrogen and oxygen atoms in total. The van der Waals surface area contributed by atoms with Crippen molar-refractivity contribution in [3.63, 3.8) is 0 Å². The molecule has 1 unspecified atom stereocenters. The van der Waals surface area contributed by atoms with Gasteiger partial charge in [0, 0.05) is 24.6 Å². The second kappa shape index (κ2) is 5.99. The summed E-state index contributed by atoms with van der Waals surface area (Å²) in [7, 11) is 0. The maximum absolute atomic E-state index is 4.69. The molecule has 3 aromatic rings. The summed E-state index contributed by atoms with van der Waals surface area (Å²) in [6.45, 7) is 4.88. The van der Waals surface area contributed by atoms with Crippen molar-refractivity contribution in [1.29, 1.82) is 0 Å². The summed E-state index contributed by atoms with van der Waals surface area (Å²) in [5, 5.41) is 0. The number of aryl methyl sites for hydroxylation is 2. The number of aromatic amines is 1. The van der Waals surface area contributed by atoms with Gasteiger partial charge in [-0.25, -0.2) is 24.9 Å². The lowest BCUT2D eigenvalue weighted by atomic mass is 10.1. The molecule has 1 N–H and O–H groups in total. The third-order valence-corrected chi connectivity index (χ3v) is 4.26. The molecule has 0 radical (unpaired) electrons. The second-order valence-corrected chi connectivity index (χ2v) is 6.06. The number of nitrogens with zero attached hydrogens (tertiary/aromatic N) is 6. The van der Waals surface area contributed by atoms with Gasteiger partial charge in [0.2, 0.25) is 0 Å². The molecular weight excluding hydrogens is 302 g/mol. The van der Waals surface area contributed by atoms with Gasteiger partial charge in [0.1, 0.15) is 23.7 Å². The van der Waals surface area contributed by atoms with E-state index in [1.54, 1.807) is 12.5 Å². The van der Waals surface area contributed by atoms with Crippen molar-refractivity contribution in [3.05, 3.63) is 48.1 Å². The van der Waals surface area contributed by atoms with E-state index in [9.17, 15) is 0 Å². The molecule has 0 spiro atoms. The number of nitrogens with one attached hydrogen (secondary N) is 1. The highest BCUT2D eigenvalue weighted by molar-refractivity contribution is 5.51. The van der Waals surface area contributed by atoms with Gasteiger partial charge in [-0.1, -0.05) is 0 Å². The van der Waals surface area contributed by atoms with Crippen LogP contribution in [0.3, 0.4) is 0 Å². The van der Waals surface area contributed by atoms with Crippen LogP contribution in [0.1, 0.15) is 36.1 Å². The predicted molar refractivity (Wildman–Crippen MR) is 90.4 cm³/mol. The zero-order valence-electron chi connectivity index (χ0n) is 13.8. The molecule has 0 aliphatic carbocycles. The van der Waals surface area contributed by atoms with Gasteiger partial charge in [0.05, 0.1) is 11.7 Å². The largest absolute Gasteiger partial charge is 0.348 e. The lowest BCUT2D eigenvalue weighted by Crippen LogP contribution is -2.24. The Hall–Kier alpha value is -2.83. The van der Waals surface area contributed by atoms with Crippen LogP contribution in [-0.4, -0.2) is 36.4 Å². The fourth-order valence-electron chi connectivity index (χ4n) is 3.23. The predicted octanol–water partition coefficient (Wildman–Crippen LogP) is 2.62. The molecular formula is C17H19N7. The van der Waals surface area contributed by atoms with Crippen molar-refractivity contribution < 1.29 is 0 Å². The van der Waals surface area contributed by atoms with Crippen LogP contribution in [0.5, 0.6) is 0 Å². The van der Waals surface area contributed by atoms with Gasteiger partial charge in [0.15, 0.2) is 5.82 Å². The smallest absolute Gasteiger partial charge is 0.156 e. The first kappa shape index (κ1) is 14.7. The van der Waals surface area contributed by atoms with Crippen LogP contribution in [0.4, 0.5) is 5.82 Å². The highest BCUT2D eigenvalue weighted by atomic mass is 15.2. The minimum absolute atomic E-state index is 0.205. The van der Waals surface area contributed by atoms with Crippen molar-refractivity contribution in [2.75, 3.05) is 11.4 Å². The van der Waals surface area contributed by atoms with Gasteiger partial charge in [-0.3, -0.25) is 0 Å². The summed E-state index contributed by atoms with van der Waals surface area (Å²) in [5.74, 6) is 2.48. The van der Waals surface area contributed by atoms with Gasteiger partial charge >= 0.3 is 0 Å². The Morgan fingerprint density at radius 3 is 2.88 bits per heavy atom. The van der Waals surface area contributed by atoms with Gasteiger partial charge in [-0.05, 0) is 38.8 Å². The van der Waals surface area contributed by atoms with Crippen LogP contribution < -0.4 is 4.90 Å². The fourth-order valence-corrected chi connectivity index (χ4v) is 3.23. The average molecular weight is 321 g/mol. The van der Waals surface area contributed by atoms with Crippen molar-refractivity contribution in [3.8, 4) is 11.5 Å². The highest BCUT2D eigenvalue weighted by Crippen LogP contribution is 2.34. The van der Waals surface area contributed by atoms with Crippen LogP contribution in [0.2, 0.25) is 0 Å². The Morgan fingerprint density at radius 1 is 1.21 bits per heavy atom. The number of hydrogen-bond acceptors (Lipinski definition) is 6. The van der Waals surface area contributed by atoms with E-state index in [1.165, 1.54) is 0 Å². The zero-order chi connectivity index (χ0) is 16.5. The number of aromatic nitrogens is 6. The summed E-state index contributed by atoms with van der Waals surface area (Å²) in [6, 6.07) is 4.19. The molecule has 1 atom stereocenters. The Kier molecular flexibility index (Phi) is 3.68. The van der Waals surface area contributed by atoms with Gasteiger partial charge in [0.25, 0.3) is 0 Å². The SMILES string of the molecule is Cc1nc(-c2ncc(C)[nH]2)cc(C2CCCN2c2ccncn2)n1. The molecule has 0 saturated carbocycles. The Balaban J connectivity index is 1.72. The van der Waals surface area contributed by atoms with Crippen LogP contribution >= 0.6 is 0 Å². The quantitative estimate of drug-likeness (QED) is 0.798. The molecule has 122 valence electrons. The summed E-state index contributed by atoms with van der Waals surface area (Å²) in [4.78, 5) is 27.6. The topological polar surface area (TPSA) is 83.5 Å². The fraction of sp³-hybridized carbons (Fsp3) is 0.353. The number of H-pyrrole nitrogens is 1. The van der Waals surface area contributed by atoms with E-state index in [1.807, 2.05) is 32.2 Å². The summed E-state index contributed by atoms with van der Waals surface area (Å²) in [5.41, 5.74) is 2.87. The molecule has 4 rings (SSSR count). The summed E-state index contributed by atoms with van der Waals surface area (Å²) >= 11 is 0. The number of imidazole rings is 1. The van der Waals surface area contributed by atoms with Crippen molar-refractivity contribution in [1.82, 2.24) is 29.9 Å². The first-order valence-corrected chi connectivity index (χ1v) is 8.11. The molecule has 0 bridgehead atoms. The molecule has 7 heteroatoms. The Morgan fingerprint density at radius 2 is 2.12 bits per heavy atom. The van der Waals surface area contributed by atoms with E-state index >= 15 is 0 Å². The number of hydrogen-bond donors (Lipinski definition) is 1. The van der Waals surface area contributed by atoms with Crippen LogP contribution in [0.15, 0.2) is 30.9 Å². The molecule has 0 amide bonds. The monoisotopic (exact) mass is 321 g/mol. The lowest BCUT2D eigenvalue weighted by Gasteiger charge is -2.25. The van der Waals surface area contributed by atoms with E-state index < -0.39 is 0 Å². The standard InChI is InChI=1S/C17H19N7/c1-11-9-19-17(21-11)14-8-13(22-12(2)23-14)15-4-3-7-24(15)16-5-6-18-10-20-16/h5-6,8-10,15H,3-4,7H2,1-2H3,(H,19,21). The van der Waals surface area contributed by atoms with E-state index in [4.69, 9.17) is 0 Å². The lowest BCUT2D eigenvalue weighted by molar-refractivity contribution is 0.680. The summed E-state index contributed by atoms with van der Waals surface area (Å²) < 4.78 is 0. The molecule has 0 aromatic carbocycles. The Bertz CT molecular complexity index is 843.